The molecule has 2 fully saturated rings. The van der Waals surface area contributed by atoms with Crippen molar-refractivity contribution in [1.82, 2.24) is 24.9 Å². The number of carbonyl (C=O) groups is 2. The van der Waals surface area contributed by atoms with Crippen LogP contribution >= 0.6 is 0 Å². The van der Waals surface area contributed by atoms with Crippen LogP contribution in [-0.2, 0) is 11.3 Å². The van der Waals surface area contributed by atoms with E-state index >= 15 is 0 Å². The van der Waals surface area contributed by atoms with E-state index in [-0.39, 0.29) is 5.91 Å². The topological polar surface area (TPSA) is 71.5 Å². The van der Waals surface area contributed by atoms with Crippen molar-refractivity contribution in [1.29, 1.82) is 0 Å². The second-order valence-electron chi connectivity index (χ2n) is 8.53. The first kappa shape index (κ1) is 20.4. The van der Waals surface area contributed by atoms with Crippen molar-refractivity contribution in [3.05, 3.63) is 47.5 Å². The number of fused-ring (bicyclic) bond motifs is 1. The van der Waals surface area contributed by atoms with Crippen LogP contribution in [0.3, 0.4) is 0 Å². The SMILES string of the molecule is C=C(C)CN1CCN(C2=NC3C(C(=O)NC(=O)N3C)N2Cc2cccc(C)c2)CC1. The van der Waals surface area contributed by atoms with Crippen LogP contribution in [0.1, 0.15) is 18.1 Å². The fourth-order valence-electron chi connectivity index (χ4n) is 4.44. The Morgan fingerprint density at radius 3 is 2.63 bits per heavy atom. The summed E-state index contributed by atoms with van der Waals surface area (Å²) in [5.41, 5.74) is 3.46. The van der Waals surface area contributed by atoms with E-state index in [0.717, 1.165) is 49.8 Å². The summed E-state index contributed by atoms with van der Waals surface area (Å²) in [5.74, 6) is 0.522. The predicted octanol–water partition coefficient (Wildman–Crippen LogP) is 1.24. The van der Waals surface area contributed by atoms with E-state index in [4.69, 9.17) is 4.99 Å². The van der Waals surface area contributed by atoms with Crippen molar-refractivity contribution < 1.29 is 9.59 Å². The molecule has 2 unspecified atom stereocenters. The molecule has 2 saturated heterocycles. The molecule has 3 amide bonds. The van der Waals surface area contributed by atoms with Gasteiger partial charge in [0.2, 0.25) is 0 Å². The fraction of sp³-hybridized carbons (Fsp3) is 0.500. The third-order valence-electron chi connectivity index (χ3n) is 5.92. The van der Waals surface area contributed by atoms with Crippen LogP contribution in [0.2, 0.25) is 0 Å². The maximum Gasteiger partial charge on any atom is 0.325 e. The standard InChI is InChI=1S/C22H30N6O2/c1-15(2)13-26-8-10-27(11-9-26)21-23-19-18(20(29)24-22(30)25(19)4)28(21)14-17-7-5-6-16(3)12-17/h5-7,12,18-19H,1,8-11,13-14H2,2-4H3,(H,24,29,30). The van der Waals surface area contributed by atoms with Crippen molar-refractivity contribution in [3.63, 3.8) is 0 Å². The molecule has 2 atom stereocenters. The molecular weight excluding hydrogens is 380 g/mol. The Hall–Kier alpha value is -2.87. The van der Waals surface area contributed by atoms with E-state index in [1.807, 2.05) is 13.0 Å². The minimum atomic E-state index is -0.517. The zero-order valence-electron chi connectivity index (χ0n) is 18.0. The first-order chi connectivity index (χ1) is 14.3. The number of benzene rings is 1. The Morgan fingerprint density at radius 2 is 1.97 bits per heavy atom. The van der Waals surface area contributed by atoms with Gasteiger partial charge in [-0.2, -0.15) is 0 Å². The monoisotopic (exact) mass is 410 g/mol. The summed E-state index contributed by atoms with van der Waals surface area (Å²) >= 11 is 0. The summed E-state index contributed by atoms with van der Waals surface area (Å²) < 4.78 is 0. The van der Waals surface area contributed by atoms with Crippen molar-refractivity contribution >= 4 is 17.9 Å². The molecule has 0 spiro atoms. The number of piperazine rings is 1. The van der Waals surface area contributed by atoms with Gasteiger partial charge in [-0.25, -0.2) is 9.79 Å². The fourth-order valence-corrected chi connectivity index (χ4v) is 4.44. The lowest BCUT2D eigenvalue weighted by atomic mass is 10.1. The summed E-state index contributed by atoms with van der Waals surface area (Å²) in [6.07, 6.45) is -0.500. The molecule has 0 bridgehead atoms. The van der Waals surface area contributed by atoms with Gasteiger partial charge in [0.1, 0.15) is 0 Å². The molecule has 1 aromatic carbocycles. The lowest BCUT2D eigenvalue weighted by molar-refractivity contribution is -0.127. The van der Waals surface area contributed by atoms with Crippen molar-refractivity contribution in [2.75, 3.05) is 39.8 Å². The van der Waals surface area contributed by atoms with E-state index in [2.05, 4.69) is 51.7 Å². The maximum absolute atomic E-state index is 12.8. The molecule has 30 heavy (non-hydrogen) atoms. The van der Waals surface area contributed by atoms with E-state index in [1.54, 1.807) is 7.05 Å². The van der Waals surface area contributed by atoms with E-state index < -0.39 is 18.2 Å². The van der Waals surface area contributed by atoms with Crippen LogP contribution < -0.4 is 5.32 Å². The average molecular weight is 411 g/mol. The Bertz CT molecular complexity index is 889. The minimum Gasteiger partial charge on any atom is -0.340 e. The van der Waals surface area contributed by atoms with Crippen LogP contribution in [0.25, 0.3) is 0 Å². The molecule has 160 valence electrons. The zero-order chi connectivity index (χ0) is 21.4. The number of likely N-dealkylation sites (N-methyl/N-ethyl adjacent to an activating group) is 1. The molecule has 4 rings (SSSR count). The van der Waals surface area contributed by atoms with Crippen molar-refractivity contribution in [2.45, 2.75) is 32.6 Å². The van der Waals surface area contributed by atoms with Gasteiger partial charge in [-0.1, -0.05) is 42.0 Å². The number of rotatable bonds is 4. The number of aryl methyl sites for hydroxylation is 1. The van der Waals surface area contributed by atoms with Gasteiger partial charge in [0, 0.05) is 46.3 Å². The van der Waals surface area contributed by atoms with Gasteiger partial charge >= 0.3 is 6.03 Å². The van der Waals surface area contributed by atoms with E-state index in [9.17, 15) is 9.59 Å². The highest BCUT2D eigenvalue weighted by Crippen LogP contribution is 2.28. The van der Waals surface area contributed by atoms with Gasteiger partial charge in [-0.05, 0) is 19.4 Å². The van der Waals surface area contributed by atoms with Crippen LogP contribution in [0, 0.1) is 6.92 Å². The van der Waals surface area contributed by atoms with Gasteiger partial charge in [-0.3, -0.25) is 15.0 Å². The number of urea groups is 1. The smallest absolute Gasteiger partial charge is 0.325 e. The molecule has 8 nitrogen and oxygen atoms in total. The van der Waals surface area contributed by atoms with Gasteiger partial charge in [0.15, 0.2) is 18.2 Å². The quantitative estimate of drug-likeness (QED) is 0.757. The zero-order valence-corrected chi connectivity index (χ0v) is 18.0. The second-order valence-corrected chi connectivity index (χ2v) is 8.53. The maximum atomic E-state index is 12.8. The number of amides is 3. The van der Waals surface area contributed by atoms with Crippen molar-refractivity contribution in [2.24, 2.45) is 4.99 Å². The van der Waals surface area contributed by atoms with Crippen LogP contribution in [0.5, 0.6) is 0 Å². The normalized spacial score (nSPS) is 24.6. The Morgan fingerprint density at radius 1 is 1.23 bits per heavy atom. The number of nitrogens with one attached hydrogen (secondary N) is 1. The molecule has 1 N–H and O–H groups in total. The molecule has 0 saturated carbocycles. The highest BCUT2D eigenvalue weighted by Gasteiger charge is 2.49. The van der Waals surface area contributed by atoms with E-state index in [0.29, 0.717) is 6.54 Å². The first-order valence-electron chi connectivity index (χ1n) is 10.4. The lowest BCUT2D eigenvalue weighted by Gasteiger charge is -2.40. The highest BCUT2D eigenvalue weighted by atomic mass is 16.2. The molecule has 8 heteroatoms. The summed E-state index contributed by atoms with van der Waals surface area (Å²) in [4.78, 5) is 38.0. The Kier molecular flexibility index (Phi) is 5.51. The number of carbonyl (C=O) groups excluding carboxylic acids is 2. The van der Waals surface area contributed by atoms with Gasteiger partial charge in [0.25, 0.3) is 5.91 Å². The van der Waals surface area contributed by atoms with E-state index in [1.165, 1.54) is 10.5 Å². The molecule has 0 aliphatic carbocycles. The summed E-state index contributed by atoms with van der Waals surface area (Å²) in [6, 6.07) is 7.38. The summed E-state index contributed by atoms with van der Waals surface area (Å²) in [5, 5.41) is 2.48. The minimum absolute atomic E-state index is 0.282. The van der Waals surface area contributed by atoms with Gasteiger partial charge < -0.3 is 14.7 Å². The van der Waals surface area contributed by atoms with Gasteiger partial charge in [0.05, 0.1) is 0 Å². The first-order valence-corrected chi connectivity index (χ1v) is 10.4. The lowest BCUT2D eigenvalue weighted by Crippen LogP contribution is -2.64. The average Bonchev–Trinajstić information content (AvgIpc) is 3.06. The largest absolute Gasteiger partial charge is 0.340 e. The molecule has 3 aliphatic heterocycles. The predicted molar refractivity (Wildman–Crippen MR) is 116 cm³/mol. The molecule has 3 aliphatic rings. The number of nitrogens with zero attached hydrogens (tertiary/aromatic N) is 5. The summed E-state index contributed by atoms with van der Waals surface area (Å²) in [6.45, 7) is 13.1. The number of hydrogen-bond donors (Lipinski definition) is 1. The molecule has 3 heterocycles. The molecule has 0 aromatic heterocycles. The molecular formula is C22H30N6O2. The number of guanidine groups is 1. The third kappa shape index (κ3) is 3.92. The van der Waals surface area contributed by atoms with Crippen LogP contribution in [-0.4, -0.2) is 89.5 Å². The number of hydrogen-bond acceptors (Lipinski definition) is 6. The van der Waals surface area contributed by atoms with Crippen molar-refractivity contribution in [3.8, 4) is 0 Å². The Labute approximate surface area is 177 Å². The van der Waals surface area contributed by atoms with Gasteiger partial charge in [-0.15, -0.1) is 0 Å². The number of aliphatic imine (C=N–C) groups is 1. The molecule has 0 radical (unpaired) electrons. The van der Waals surface area contributed by atoms with Crippen LogP contribution in [0.4, 0.5) is 4.79 Å². The summed E-state index contributed by atoms with van der Waals surface area (Å²) in [7, 11) is 1.70. The third-order valence-corrected chi connectivity index (χ3v) is 5.92. The van der Waals surface area contributed by atoms with Crippen LogP contribution in [0.15, 0.2) is 41.4 Å². The molecule has 1 aromatic rings. The highest BCUT2D eigenvalue weighted by molar-refractivity contribution is 6.03. The number of imide groups is 1. The second kappa shape index (κ2) is 8.10. The Balaban J connectivity index is 1.59.